The molecule has 0 radical (unpaired) electrons. The van der Waals surface area contributed by atoms with Gasteiger partial charge in [-0.1, -0.05) is 0 Å². The fraction of sp³-hybridized carbons (Fsp3) is 0.167. The molecular formula is C6H6ClF2N3O2S. The van der Waals surface area contributed by atoms with Crippen LogP contribution in [-0.4, -0.2) is 13.4 Å². The van der Waals surface area contributed by atoms with Gasteiger partial charge >= 0.3 is 0 Å². The van der Waals surface area contributed by atoms with Gasteiger partial charge in [0.15, 0.2) is 0 Å². The first kappa shape index (κ1) is 11.9. The summed E-state index contributed by atoms with van der Waals surface area (Å²) in [5.41, 5.74) is 8.73. The number of hydrogen-bond acceptors (Lipinski definition) is 5. The van der Waals surface area contributed by atoms with E-state index in [1.165, 1.54) is 0 Å². The average Bonchev–Trinajstić information content (AvgIpc) is 2.06. The summed E-state index contributed by atoms with van der Waals surface area (Å²) in [5.74, 6) is 0. The quantitative estimate of drug-likeness (QED) is 0.773. The third kappa shape index (κ3) is 2.26. The van der Waals surface area contributed by atoms with Crippen molar-refractivity contribution < 1.29 is 17.2 Å². The van der Waals surface area contributed by atoms with E-state index in [2.05, 4.69) is 4.98 Å². The van der Waals surface area contributed by atoms with E-state index in [1.807, 2.05) is 0 Å². The molecule has 0 aliphatic rings. The Morgan fingerprint density at radius 1 is 1.40 bits per heavy atom. The van der Waals surface area contributed by atoms with Crippen LogP contribution >= 0.6 is 10.7 Å². The zero-order chi connectivity index (χ0) is 11.8. The van der Waals surface area contributed by atoms with Crippen LogP contribution in [0.25, 0.3) is 0 Å². The molecule has 0 bridgehead atoms. The van der Waals surface area contributed by atoms with E-state index in [9.17, 15) is 17.2 Å². The SMILES string of the molecule is Nc1cnc(C(F)F)c(S(=O)(=O)Cl)c1N. The summed E-state index contributed by atoms with van der Waals surface area (Å²) >= 11 is 0. The summed E-state index contributed by atoms with van der Waals surface area (Å²) < 4.78 is 46.8. The lowest BCUT2D eigenvalue weighted by Gasteiger charge is -2.09. The highest BCUT2D eigenvalue weighted by atomic mass is 35.7. The molecule has 0 unspecified atom stereocenters. The van der Waals surface area contributed by atoms with E-state index >= 15 is 0 Å². The minimum absolute atomic E-state index is 0.223. The molecule has 1 rings (SSSR count). The number of alkyl halides is 2. The minimum atomic E-state index is -4.41. The lowest BCUT2D eigenvalue weighted by Crippen LogP contribution is -2.09. The second kappa shape index (κ2) is 3.78. The van der Waals surface area contributed by atoms with Gasteiger partial charge in [-0.3, -0.25) is 4.98 Å². The Kier molecular flexibility index (Phi) is 3.00. The van der Waals surface area contributed by atoms with E-state index in [0.29, 0.717) is 0 Å². The standard InChI is InChI=1S/C6H6ClF2N3O2S/c7-15(13,14)5-3(11)2(10)1-12-4(5)6(8)9/h1,6H,10H2,(H2,11,12). The summed E-state index contributed by atoms with van der Waals surface area (Å²) in [6.07, 6.45) is -2.25. The molecule has 0 fully saturated rings. The highest BCUT2D eigenvalue weighted by Gasteiger charge is 2.27. The van der Waals surface area contributed by atoms with E-state index in [1.54, 1.807) is 0 Å². The predicted octanol–water partition coefficient (Wildman–Crippen LogP) is 1.11. The fourth-order valence-electron chi connectivity index (χ4n) is 0.948. The smallest absolute Gasteiger partial charge is 0.281 e. The molecule has 1 heterocycles. The highest BCUT2D eigenvalue weighted by Crippen LogP contribution is 2.34. The molecule has 0 amide bonds. The van der Waals surface area contributed by atoms with Crippen LogP contribution in [0.5, 0.6) is 0 Å². The van der Waals surface area contributed by atoms with Crippen molar-refractivity contribution in [2.24, 2.45) is 0 Å². The van der Waals surface area contributed by atoms with Gasteiger partial charge in [0.25, 0.3) is 15.5 Å². The zero-order valence-electron chi connectivity index (χ0n) is 7.12. The van der Waals surface area contributed by atoms with Crippen molar-refractivity contribution >= 4 is 31.1 Å². The molecule has 9 heteroatoms. The molecule has 84 valence electrons. The monoisotopic (exact) mass is 257 g/mol. The molecule has 0 aliphatic heterocycles. The number of pyridine rings is 1. The maximum absolute atomic E-state index is 12.4. The Bertz CT molecular complexity index is 491. The van der Waals surface area contributed by atoms with Crippen molar-refractivity contribution in [1.82, 2.24) is 4.98 Å². The Balaban J connectivity index is 3.65. The van der Waals surface area contributed by atoms with Gasteiger partial charge in [-0.2, -0.15) is 0 Å². The van der Waals surface area contributed by atoms with E-state index in [-0.39, 0.29) is 5.69 Å². The first-order chi connectivity index (χ1) is 6.75. The lowest BCUT2D eigenvalue weighted by molar-refractivity contribution is 0.142. The molecule has 1 aromatic heterocycles. The topological polar surface area (TPSA) is 99.1 Å². The number of halogens is 3. The molecule has 0 aliphatic carbocycles. The van der Waals surface area contributed by atoms with E-state index in [4.69, 9.17) is 22.1 Å². The van der Waals surface area contributed by atoms with Crippen LogP contribution < -0.4 is 11.5 Å². The second-order valence-corrected chi connectivity index (χ2v) is 5.08. The zero-order valence-corrected chi connectivity index (χ0v) is 8.69. The van der Waals surface area contributed by atoms with Gasteiger partial charge in [0.05, 0.1) is 17.6 Å². The van der Waals surface area contributed by atoms with Gasteiger partial charge in [-0.15, -0.1) is 0 Å². The summed E-state index contributed by atoms with van der Waals surface area (Å²) in [6, 6.07) is 0. The first-order valence-corrected chi connectivity index (χ1v) is 5.82. The fourth-order valence-corrected chi connectivity index (χ4v) is 2.21. The molecule has 0 atom stereocenters. The van der Waals surface area contributed by atoms with Gasteiger partial charge in [0, 0.05) is 10.7 Å². The van der Waals surface area contributed by atoms with Gasteiger partial charge in [-0.05, 0) is 0 Å². The number of nitrogens with zero attached hydrogens (tertiary/aromatic N) is 1. The molecule has 15 heavy (non-hydrogen) atoms. The molecule has 0 saturated carbocycles. The molecule has 4 N–H and O–H groups in total. The first-order valence-electron chi connectivity index (χ1n) is 3.51. The van der Waals surface area contributed by atoms with Crippen LogP contribution in [0, 0.1) is 0 Å². The largest absolute Gasteiger partial charge is 0.396 e. The summed E-state index contributed by atoms with van der Waals surface area (Å²) in [5, 5.41) is 0. The molecule has 5 nitrogen and oxygen atoms in total. The van der Waals surface area contributed by atoms with Crippen LogP contribution in [-0.2, 0) is 9.05 Å². The maximum atomic E-state index is 12.4. The van der Waals surface area contributed by atoms with E-state index < -0.39 is 31.8 Å². The summed E-state index contributed by atoms with van der Waals surface area (Å²) in [7, 11) is 0.541. The molecular weight excluding hydrogens is 252 g/mol. The summed E-state index contributed by atoms with van der Waals surface area (Å²) in [6.45, 7) is 0. The summed E-state index contributed by atoms with van der Waals surface area (Å²) in [4.78, 5) is 2.26. The van der Waals surface area contributed by atoms with E-state index in [0.717, 1.165) is 6.20 Å². The van der Waals surface area contributed by atoms with Crippen molar-refractivity contribution in [2.45, 2.75) is 11.3 Å². The minimum Gasteiger partial charge on any atom is -0.396 e. The Labute approximate surface area is 88.5 Å². The van der Waals surface area contributed by atoms with Gasteiger partial charge in [0.2, 0.25) is 0 Å². The second-order valence-electron chi connectivity index (χ2n) is 2.58. The molecule has 0 saturated heterocycles. The van der Waals surface area contributed by atoms with Crippen LogP contribution in [0.3, 0.4) is 0 Å². The molecule has 1 aromatic rings. The van der Waals surface area contributed by atoms with Crippen molar-refractivity contribution in [3.8, 4) is 0 Å². The van der Waals surface area contributed by atoms with Crippen molar-refractivity contribution in [3.05, 3.63) is 11.9 Å². The third-order valence-electron chi connectivity index (χ3n) is 1.58. The number of hydrogen-bond donors (Lipinski definition) is 2. The Morgan fingerprint density at radius 3 is 2.33 bits per heavy atom. The Hall–Kier alpha value is -1.15. The van der Waals surface area contributed by atoms with Crippen LogP contribution in [0.4, 0.5) is 20.2 Å². The predicted molar refractivity (Wildman–Crippen MR) is 51.1 cm³/mol. The van der Waals surface area contributed by atoms with Crippen molar-refractivity contribution in [3.63, 3.8) is 0 Å². The number of nitrogen functional groups attached to an aromatic ring is 2. The maximum Gasteiger partial charge on any atom is 0.281 e. The van der Waals surface area contributed by atoms with Crippen LogP contribution in [0.2, 0.25) is 0 Å². The van der Waals surface area contributed by atoms with Gasteiger partial charge in [-0.25, -0.2) is 17.2 Å². The van der Waals surface area contributed by atoms with Crippen LogP contribution in [0.15, 0.2) is 11.1 Å². The number of rotatable bonds is 2. The van der Waals surface area contributed by atoms with Crippen molar-refractivity contribution in [1.29, 1.82) is 0 Å². The lowest BCUT2D eigenvalue weighted by atomic mass is 10.3. The average molecular weight is 258 g/mol. The van der Waals surface area contributed by atoms with Crippen molar-refractivity contribution in [2.75, 3.05) is 11.5 Å². The number of anilines is 2. The number of nitrogens with two attached hydrogens (primary N) is 2. The Morgan fingerprint density at radius 2 is 1.93 bits per heavy atom. The highest BCUT2D eigenvalue weighted by molar-refractivity contribution is 8.14. The molecule has 0 spiro atoms. The van der Waals surface area contributed by atoms with Gasteiger partial charge in [0.1, 0.15) is 10.6 Å². The third-order valence-corrected chi connectivity index (χ3v) is 2.96. The number of aromatic nitrogens is 1. The molecule has 0 aromatic carbocycles. The van der Waals surface area contributed by atoms with Gasteiger partial charge < -0.3 is 11.5 Å². The normalized spacial score (nSPS) is 12.0. The van der Waals surface area contributed by atoms with Crippen LogP contribution in [0.1, 0.15) is 12.1 Å².